The Labute approximate surface area is 107 Å². The number of Topliss-reactive ketones (excluding diaryl/α,β-unsaturated/α-hetero) is 1. The minimum Gasteiger partial charge on any atom is -0.496 e. The molecule has 98 valence electrons. The predicted octanol–water partition coefficient (Wildman–Crippen LogP) is 1.43. The third-order valence-electron chi connectivity index (χ3n) is 3.18. The molecule has 0 amide bonds. The third-order valence-corrected chi connectivity index (χ3v) is 3.18. The lowest BCUT2D eigenvalue weighted by Crippen LogP contribution is -2.46. The molecular formula is C14H19NO3. The standard InChI is InChI=1S/C14H19NO3/c1-3-10-8-11(4-5-13(10)17-2)14(16)12-9-18-7-6-15-12/h4-5,8,12,15H,3,6-7,9H2,1-2H3. The van der Waals surface area contributed by atoms with Gasteiger partial charge in [0.15, 0.2) is 5.78 Å². The minimum absolute atomic E-state index is 0.0899. The third kappa shape index (κ3) is 2.71. The Balaban J connectivity index is 2.19. The molecule has 0 aliphatic carbocycles. The van der Waals surface area contributed by atoms with Crippen LogP contribution in [-0.4, -0.2) is 38.7 Å². The number of carbonyl (C=O) groups excluding carboxylic acids is 1. The Morgan fingerprint density at radius 1 is 1.56 bits per heavy atom. The highest BCUT2D eigenvalue weighted by Crippen LogP contribution is 2.21. The van der Waals surface area contributed by atoms with Crippen molar-refractivity contribution in [2.45, 2.75) is 19.4 Å². The van der Waals surface area contributed by atoms with Gasteiger partial charge >= 0.3 is 0 Å². The van der Waals surface area contributed by atoms with Gasteiger partial charge in [0.25, 0.3) is 0 Å². The first-order chi connectivity index (χ1) is 8.76. The summed E-state index contributed by atoms with van der Waals surface area (Å²) in [6.07, 6.45) is 0.846. The topological polar surface area (TPSA) is 47.6 Å². The second kappa shape index (κ2) is 5.98. The van der Waals surface area contributed by atoms with E-state index in [0.717, 1.165) is 29.8 Å². The molecular weight excluding hydrogens is 230 g/mol. The van der Waals surface area contributed by atoms with Crippen molar-refractivity contribution in [1.29, 1.82) is 0 Å². The smallest absolute Gasteiger partial charge is 0.182 e. The van der Waals surface area contributed by atoms with Gasteiger partial charge in [0, 0.05) is 12.1 Å². The average molecular weight is 249 g/mol. The summed E-state index contributed by atoms with van der Waals surface area (Å²) in [7, 11) is 1.65. The maximum Gasteiger partial charge on any atom is 0.182 e. The monoisotopic (exact) mass is 249 g/mol. The van der Waals surface area contributed by atoms with Crippen LogP contribution in [0.2, 0.25) is 0 Å². The number of rotatable bonds is 4. The summed E-state index contributed by atoms with van der Waals surface area (Å²) < 4.78 is 10.6. The van der Waals surface area contributed by atoms with Crippen LogP contribution < -0.4 is 10.1 Å². The highest BCUT2D eigenvalue weighted by atomic mass is 16.5. The number of hydrogen-bond acceptors (Lipinski definition) is 4. The first-order valence-corrected chi connectivity index (χ1v) is 6.28. The largest absolute Gasteiger partial charge is 0.496 e. The van der Waals surface area contributed by atoms with Crippen molar-refractivity contribution >= 4 is 5.78 Å². The first-order valence-electron chi connectivity index (χ1n) is 6.28. The molecule has 0 bridgehead atoms. The Hall–Kier alpha value is -1.39. The highest BCUT2D eigenvalue weighted by Gasteiger charge is 2.22. The van der Waals surface area contributed by atoms with Crippen molar-refractivity contribution in [3.63, 3.8) is 0 Å². The van der Waals surface area contributed by atoms with E-state index in [1.54, 1.807) is 7.11 Å². The fourth-order valence-corrected chi connectivity index (χ4v) is 2.14. The normalized spacial score (nSPS) is 19.6. The van der Waals surface area contributed by atoms with Crippen LogP contribution in [0.5, 0.6) is 5.75 Å². The number of benzene rings is 1. The number of ketones is 1. The molecule has 1 aromatic carbocycles. The zero-order valence-corrected chi connectivity index (χ0v) is 10.9. The molecule has 1 unspecified atom stereocenters. The van der Waals surface area contributed by atoms with Crippen LogP contribution >= 0.6 is 0 Å². The number of carbonyl (C=O) groups is 1. The summed E-state index contributed by atoms with van der Waals surface area (Å²) in [5.41, 5.74) is 1.77. The average Bonchev–Trinajstić information content (AvgIpc) is 2.46. The van der Waals surface area contributed by atoms with Gasteiger partial charge in [-0.25, -0.2) is 0 Å². The molecule has 1 N–H and O–H groups in total. The van der Waals surface area contributed by atoms with Crippen LogP contribution in [0.1, 0.15) is 22.8 Å². The van der Waals surface area contributed by atoms with E-state index in [1.165, 1.54) is 0 Å². The fourth-order valence-electron chi connectivity index (χ4n) is 2.14. The SMILES string of the molecule is CCc1cc(C(=O)C2COCCN2)ccc1OC. The van der Waals surface area contributed by atoms with Gasteiger partial charge in [-0.05, 0) is 30.2 Å². The molecule has 18 heavy (non-hydrogen) atoms. The lowest BCUT2D eigenvalue weighted by molar-refractivity contribution is 0.0607. The molecule has 1 atom stereocenters. The molecule has 1 aliphatic rings. The van der Waals surface area contributed by atoms with E-state index in [-0.39, 0.29) is 11.8 Å². The number of nitrogens with one attached hydrogen (secondary N) is 1. The Morgan fingerprint density at radius 3 is 3.00 bits per heavy atom. The second-order valence-corrected chi connectivity index (χ2v) is 4.33. The molecule has 1 aliphatic heterocycles. The van der Waals surface area contributed by atoms with E-state index in [9.17, 15) is 4.79 Å². The molecule has 0 aromatic heterocycles. The molecule has 0 radical (unpaired) electrons. The maximum atomic E-state index is 12.3. The van der Waals surface area contributed by atoms with Gasteiger partial charge in [-0.2, -0.15) is 0 Å². The first kappa shape index (κ1) is 13.1. The van der Waals surface area contributed by atoms with Crippen molar-refractivity contribution in [2.24, 2.45) is 0 Å². The van der Waals surface area contributed by atoms with Gasteiger partial charge in [-0.1, -0.05) is 6.92 Å². The second-order valence-electron chi connectivity index (χ2n) is 4.33. The maximum absolute atomic E-state index is 12.3. The Bertz CT molecular complexity index is 425. The molecule has 1 heterocycles. The molecule has 1 saturated heterocycles. The predicted molar refractivity (Wildman–Crippen MR) is 69.3 cm³/mol. The zero-order valence-electron chi connectivity index (χ0n) is 10.9. The van der Waals surface area contributed by atoms with E-state index >= 15 is 0 Å². The molecule has 1 fully saturated rings. The van der Waals surface area contributed by atoms with Crippen LogP contribution in [0.25, 0.3) is 0 Å². The minimum atomic E-state index is -0.225. The van der Waals surface area contributed by atoms with Gasteiger partial charge in [-0.3, -0.25) is 4.79 Å². The summed E-state index contributed by atoms with van der Waals surface area (Å²) in [6.45, 7) is 3.90. The summed E-state index contributed by atoms with van der Waals surface area (Å²) in [5.74, 6) is 0.925. The van der Waals surface area contributed by atoms with Crippen LogP contribution in [-0.2, 0) is 11.2 Å². The summed E-state index contributed by atoms with van der Waals surface area (Å²) >= 11 is 0. The highest BCUT2D eigenvalue weighted by molar-refractivity contribution is 6.00. The van der Waals surface area contributed by atoms with Gasteiger partial charge < -0.3 is 14.8 Å². The number of methoxy groups -OCH3 is 1. The molecule has 1 aromatic rings. The summed E-state index contributed by atoms with van der Waals surface area (Å²) in [6, 6.07) is 5.36. The van der Waals surface area contributed by atoms with Crippen molar-refractivity contribution in [1.82, 2.24) is 5.32 Å². The molecule has 0 spiro atoms. The molecule has 2 rings (SSSR count). The van der Waals surface area contributed by atoms with Gasteiger partial charge in [0.2, 0.25) is 0 Å². The summed E-state index contributed by atoms with van der Waals surface area (Å²) in [4.78, 5) is 12.3. The Kier molecular flexibility index (Phi) is 4.33. The van der Waals surface area contributed by atoms with Crippen LogP contribution in [0, 0.1) is 0 Å². The zero-order chi connectivity index (χ0) is 13.0. The van der Waals surface area contributed by atoms with Gasteiger partial charge in [-0.15, -0.1) is 0 Å². The lowest BCUT2D eigenvalue weighted by atomic mass is 10.00. The van der Waals surface area contributed by atoms with Crippen LogP contribution in [0.15, 0.2) is 18.2 Å². The van der Waals surface area contributed by atoms with Crippen molar-refractivity contribution in [2.75, 3.05) is 26.9 Å². The van der Waals surface area contributed by atoms with Gasteiger partial charge in [0.1, 0.15) is 5.75 Å². The Morgan fingerprint density at radius 2 is 2.39 bits per heavy atom. The van der Waals surface area contributed by atoms with Crippen molar-refractivity contribution < 1.29 is 14.3 Å². The van der Waals surface area contributed by atoms with Crippen LogP contribution in [0.3, 0.4) is 0 Å². The van der Waals surface area contributed by atoms with E-state index in [0.29, 0.717) is 13.2 Å². The fraction of sp³-hybridized carbons (Fsp3) is 0.500. The molecule has 4 heteroatoms. The van der Waals surface area contributed by atoms with Crippen molar-refractivity contribution in [3.05, 3.63) is 29.3 Å². The molecule has 4 nitrogen and oxygen atoms in total. The number of hydrogen-bond donors (Lipinski definition) is 1. The number of morpholine rings is 1. The quantitative estimate of drug-likeness (QED) is 0.820. The van der Waals surface area contributed by atoms with Gasteiger partial charge in [0.05, 0.1) is 26.4 Å². The molecule has 0 saturated carbocycles. The number of aryl methyl sites for hydroxylation is 1. The van der Waals surface area contributed by atoms with E-state index in [1.807, 2.05) is 25.1 Å². The van der Waals surface area contributed by atoms with E-state index in [2.05, 4.69) is 5.32 Å². The van der Waals surface area contributed by atoms with Crippen LogP contribution in [0.4, 0.5) is 0 Å². The number of ether oxygens (including phenoxy) is 2. The van der Waals surface area contributed by atoms with E-state index < -0.39 is 0 Å². The lowest BCUT2D eigenvalue weighted by Gasteiger charge is -2.23. The van der Waals surface area contributed by atoms with Crippen molar-refractivity contribution in [3.8, 4) is 5.75 Å². The van der Waals surface area contributed by atoms with E-state index in [4.69, 9.17) is 9.47 Å². The summed E-state index contributed by atoms with van der Waals surface area (Å²) in [5, 5.41) is 3.18.